The molecule has 1 aliphatic rings. The third-order valence-electron chi connectivity index (χ3n) is 4.71. The predicted octanol–water partition coefficient (Wildman–Crippen LogP) is 3.04. The Balaban J connectivity index is 1.54. The van der Waals surface area contributed by atoms with Crippen LogP contribution in [0.1, 0.15) is 28.4 Å². The standard InChI is InChI=1S/C21H24N2O3S/c1-15(21(25)26)27-19-9-5-4-8-18(19)20(24)22-11-13-23-12-10-16-6-2-3-7-17(16)14-23/h2-9,15H,10-14H2,1H3,(H,22,24)(H,25,26). The summed E-state index contributed by atoms with van der Waals surface area (Å²) in [6.07, 6.45) is 1.04. The van der Waals surface area contributed by atoms with Gasteiger partial charge in [0.25, 0.3) is 5.91 Å². The van der Waals surface area contributed by atoms with Gasteiger partial charge in [-0.2, -0.15) is 0 Å². The Kier molecular flexibility index (Phi) is 6.53. The van der Waals surface area contributed by atoms with E-state index in [1.165, 1.54) is 22.9 Å². The number of aliphatic carboxylic acids is 1. The van der Waals surface area contributed by atoms with Crippen LogP contribution < -0.4 is 5.32 Å². The van der Waals surface area contributed by atoms with E-state index in [0.717, 1.165) is 26.1 Å². The molecule has 0 saturated carbocycles. The molecule has 6 heteroatoms. The highest BCUT2D eigenvalue weighted by Crippen LogP contribution is 2.27. The number of carbonyl (C=O) groups excluding carboxylic acids is 1. The molecule has 2 N–H and O–H groups in total. The van der Waals surface area contributed by atoms with Crippen LogP contribution in [0.25, 0.3) is 0 Å². The van der Waals surface area contributed by atoms with E-state index in [0.29, 0.717) is 17.0 Å². The summed E-state index contributed by atoms with van der Waals surface area (Å²) in [5, 5.41) is 11.5. The molecule has 1 aliphatic heterocycles. The van der Waals surface area contributed by atoms with Crippen LogP contribution in [-0.4, -0.2) is 46.8 Å². The molecule has 0 spiro atoms. The summed E-state index contributed by atoms with van der Waals surface area (Å²) in [7, 11) is 0. The molecule has 1 unspecified atom stereocenters. The Hall–Kier alpha value is -2.31. The second-order valence-electron chi connectivity index (χ2n) is 6.65. The number of nitrogens with one attached hydrogen (secondary N) is 1. The summed E-state index contributed by atoms with van der Waals surface area (Å²) in [5.41, 5.74) is 3.30. The van der Waals surface area contributed by atoms with Gasteiger partial charge in [0.1, 0.15) is 5.25 Å². The summed E-state index contributed by atoms with van der Waals surface area (Å²) in [5.74, 6) is -1.05. The van der Waals surface area contributed by atoms with Crippen LogP contribution in [0.5, 0.6) is 0 Å². The predicted molar refractivity (Wildman–Crippen MR) is 107 cm³/mol. The molecule has 0 fully saturated rings. The zero-order chi connectivity index (χ0) is 19.2. The minimum absolute atomic E-state index is 0.159. The zero-order valence-corrected chi connectivity index (χ0v) is 16.2. The molecule has 1 atom stereocenters. The quantitative estimate of drug-likeness (QED) is 0.718. The van der Waals surface area contributed by atoms with Crippen molar-refractivity contribution >= 4 is 23.6 Å². The molecule has 5 nitrogen and oxygen atoms in total. The minimum atomic E-state index is -0.888. The van der Waals surface area contributed by atoms with Gasteiger partial charge in [-0.05, 0) is 36.6 Å². The average Bonchev–Trinajstić information content (AvgIpc) is 2.68. The first-order valence-electron chi connectivity index (χ1n) is 9.10. The number of amides is 1. The van der Waals surface area contributed by atoms with Gasteiger partial charge in [-0.15, -0.1) is 11.8 Å². The van der Waals surface area contributed by atoms with Crippen LogP contribution in [0.4, 0.5) is 0 Å². The smallest absolute Gasteiger partial charge is 0.316 e. The van der Waals surface area contributed by atoms with Gasteiger partial charge >= 0.3 is 5.97 Å². The van der Waals surface area contributed by atoms with Crippen molar-refractivity contribution < 1.29 is 14.7 Å². The Morgan fingerprint density at radius 2 is 1.85 bits per heavy atom. The van der Waals surface area contributed by atoms with E-state index in [9.17, 15) is 9.59 Å². The van der Waals surface area contributed by atoms with Crippen LogP contribution in [-0.2, 0) is 17.8 Å². The van der Waals surface area contributed by atoms with E-state index in [2.05, 4.69) is 34.5 Å². The lowest BCUT2D eigenvalue weighted by Crippen LogP contribution is -2.37. The molecule has 2 aromatic carbocycles. The van der Waals surface area contributed by atoms with E-state index in [1.807, 2.05) is 6.07 Å². The lowest BCUT2D eigenvalue weighted by Gasteiger charge is -2.28. The Morgan fingerprint density at radius 3 is 2.63 bits per heavy atom. The van der Waals surface area contributed by atoms with Gasteiger partial charge in [0.05, 0.1) is 5.56 Å². The molecule has 0 bridgehead atoms. The minimum Gasteiger partial charge on any atom is -0.480 e. The van der Waals surface area contributed by atoms with Crippen LogP contribution in [0, 0.1) is 0 Å². The molecule has 1 amide bonds. The fourth-order valence-corrected chi connectivity index (χ4v) is 4.09. The Labute approximate surface area is 163 Å². The van der Waals surface area contributed by atoms with Crippen molar-refractivity contribution in [2.45, 2.75) is 30.0 Å². The van der Waals surface area contributed by atoms with E-state index >= 15 is 0 Å². The van der Waals surface area contributed by atoms with Gasteiger partial charge in [-0.1, -0.05) is 36.4 Å². The highest BCUT2D eigenvalue weighted by atomic mass is 32.2. The monoisotopic (exact) mass is 384 g/mol. The molecule has 0 radical (unpaired) electrons. The molecule has 2 aromatic rings. The average molecular weight is 385 g/mol. The maximum absolute atomic E-state index is 12.6. The fraction of sp³-hybridized carbons (Fsp3) is 0.333. The van der Waals surface area contributed by atoms with Crippen molar-refractivity contribution in [3.05, 3.63) is 65.2 Å². The number of hydrogen-bond donors (Lipinski definition) is 2. The van der Waals surface area contributed by atoms with Gasteiger partial charge in [-0.25, -0.2) is 0 Å². The van der Waals surface area contributed by atoms with E-state index in [1.54, 1.807) is 25.1 Å². The topological polar surface area (TPSA) is 69.6 Å². The number of carboxylic acid groups (broad SMARTS) is 1. The van der Waals surface area contributed by atoms with Crippen molar-refractivity contribution in [1.82, 2.24) is 10.2 Å². The number of carboxylic acids is 1. The van der Waals surface area contributed by atoms with Gasteiger partial charge < -0.3 is 10.4 Å². The van der Waals surface area contributed by atoms with Crippen molar-refractivity contribution in [1.29, 1.82) is 0 Å². The zero-order valence-electron chi connectivity index (χ0n) is 15.4. The van der Waals surface area contributed by atoms with Crippen molar-refractivity contribution in [2.75, 3.05) is 19.6 Å². The largest absolute Gasteiger partial charge is 0.480 e. The lowest BCUT2D eigenvalue weighted by molar-refractivity contribution is -0.136. The highest BCUT2D eigenvalue weighted by molar-refractivity contribution is 8.00. The molecule has 0 aromatic heterocycles. The first kappa shape index (κ1) is 19.5. The van der Waals surface area contributed by atoms with Crippen LogP contribution in [0.2, 0.25) is 0 Å². The van der Waals surface area contributed by atoms with Gasteiger partial charge in [-0.3, -0.25) is 14.5 Å². The number of rotatable bonds is 7. The summed E-state index contributed by atoms with van der Waals surface area (Å²) in [6.45, 7) is 4.88. The highest BCUT2D eigenvalue weighted by Gasteiger charge is 2.19. The fourth-order valence-electron chi connectivity index (χ4n) is 3.17. The molecule has 142 valence electrons. The third kappa shape index (κ3) is 5.11. The summed E-state index contributed by atoms with van der Waals surface area (Å²) >= 11 is 1.19. The van der Waals surface area contributed by atoms with E-state index in [4.69, 9.17) is 5.11 Å². The summed E-state index contributed by atoms with van der Waals surface area (Å²) < 4.78 is 0. The lowest BCUT2D eigenvalue weighted by atomic mass is 10.00. The maximum atomic E-state index is 12.6. The second-order valence-corrected chi connectivity index (χ2v) is 8.03. The molecule has 0 saturated heterocycles. The number of benzene rings is 2. The maximum Gasteiger partial charge on any atom is 0.316 e. The number of thioether (sulfide) groups is 1. The van der Waals surface area contributed by atoms with Crippen molar-refractivity contribution in [3.63, 3.8) is 0 Å². The Morgan fingerprint density at radius 1 is 1.15 bits per heavy atom. The molecule has 0 aliphatic carbocycles. The second kappa shape index (κ2) is 9.06. The van der Waals surface area contributed by atoms with Crippen molar-refractivity contribution in [2.24, 2.45) is 0 Å². The molecule has 27 heavy (non-hydrogen) atoms. The normalized spacial score (nSPS) is 15.0. The molecular formula is C21H24N2O3S. The first-order chi connectivity index (χ1) is 13.0. The summed E-state index contributed by atoms with van der Waals surface area (Å²) in [6, 6.07) is 15.6. The number of carbonyl (C=O) groups is 2. The molecule has 1 heterocycles. The van der Waals surface area contributed by atoms with Crippen molar-refractivity contribution in [3.8, 4) is 0 Å². The van der Waals surface area contributed by atoms with Crippen LogP contribution >= 0.6 is 11.8 Å². The first-order valence-corrected chi connectivity index (χ1v) is 9.98. The van der Waals surface area contributed by atoms with Gasteiger partial charge in [0, 0.05) is 31.1 Å². The van der Waals surface area contributed by atoms with E-state index in [-0.39, 0.29) is 5.91 Å². The van der Waals surface area contributed by atoms with Gasteiger partial charge in [0.15, 0.2) is 0 Å². The van der Waals surface area contributed by atoms with Crippen LogP contribution in [0.15, 0.2) is 53.4 Å². The van der Waals surface area contributed by atoms with Crippen LogP contribution in [0.3, 0.4) is 0 Å². The summed E-state index contributed by atoms with van der Waals surface area (Å²) in [4.78, 5) is 26.7. The number of nitrogens with zero attached hydrogens (tertiary/aromatic N) is 1. The number of fused-ring (bicyclic) bond motifs is 1. The number of hydrogen-bond acceptors (Lipinski definition) is 4. The molecule has 3 rings (SSSR count). The van der Waals surface area contributed by atoms with E-state index < -0.39 is 11.2 Å². The SMILES string of the molecule is CC(Sc1ccccc1C(=O)NCCN1CCc2ccccc2C1)C(=O)O. The molecular weight excluding hydrogens is 360 g/mol. The Bertz CT molecular complexity index is 825. The third-order valence-corrected chi connectivity index (χ3v) is 5.87. The van der Waals surface area contributed by atoms with Gasteiger partial charge in [0.2, 0.25) is 0 Å².